The predicted octanol–water partition coefficient (Wildman–Crippen LogP) is 1.38. The normalized spacial score (nSPS) is 17.0. The number of hydrogen-bond acceptors (Lipinski definition) is 4. The maximum absolute atomic E-state index is 11.6. The first kappa shape index (κ1) is 11.5. The molecule has 0 aromatic carbocycles. The van der Waals surface area contributed by atoms with Gasteiger partial charge in [-0.2, -0.15) is 0 Å². The van der Waals surface area contributed by atoms with Crippen LogP contribution in [0.4, 0.5) is 5.82 Å². The third-order valence-electron chi connectivity index (χ3n) is 3.48. The molecule has 6 nitrogen and oxygen atoms in total. The maximum atomic E-state index is 11.6. The second-order valence-electron chi connectivity index (χ2n) is 4.82. The molecule has 0 atom stereocenters. The van der Waals surface area contributed by atoms with Crippen LogP contribution in [0, 0.1) is 0 Å². The molecule has 2 heterocycles. The van der Waals surface area contributed by atoms with Crippen LogP contribution in [-0.2, 0) is 5.54 Å². The Balaban J connectivity index is 2.48. The smallest absolute Gasteiger partial charge is 0.252 e. The van der Waals surface area contributed by atoms with Crippen molar-refractivity contribution < 1.29 is 4.79 Å². The number of hydrogen-bond donors (Lipinski definition) is 2. The van der Waals surface area contributed by atoms with E-state index in [1.165, 1.54) is 6.33 Å². The Kier molecular flexibility index (Phi) is 2.19. The van der Waals surface area contributed by atoms with E-state index in [1.807, 2.05) is 4.57 Å². The molecule has 2 aromatic rings. The molecule has 0 saturated heterocycles. The first-order valence-electron chi connectivity index (χ1n) is 5.56. The van der Waals surface area contributed by atoms with Crippen LogP contribution < -0.4 is 11.5 Å². The SMILES string of the molecule is CC1(n2c(Br)c(C(N)=O)c3c(N)ncnc32)CC1. The van der Waals surface area contributed by atoms with Gasteiger partial charge in [0.15, 0.2) is 0 Å². The van der Waals surface area contributed by atoms with E-state index < -0.39 is 5.91 Å². The van der Waals surface area contributed by atoms with Crippen molar-refractivity contribution in [1.82, 2.24) is 14.5 Å². The summed E-state index contributed by atoms with van der Waals surface area (Å²) in [6.45, 7) is 2.11. The fourth-order valence-electron chi connectivity index (χ4n) is 2.23. The molecule has 18 heavy (non-hydrogen) atoms. The van der Waals surface area contributed by atoms with Gasteiger partial charge in [-0.1, -0.05) is 0 Å². The molecule has 1 aliphatic carbocycles. The molecular formula is C11H12BrN5O. The van der Waals surface area contributed by atoms with E-state index >= 15 is 0 Å². The van der Waals surface area contributed by atoms with Crippen LogP contribution in [0.1, 0.15) is 30.1 Å². The zero-order valence-corrected chi connectivity index (χ0v) is 11.4. The standard InChI is InChI=1S/C11H12BrN5O/c1-11(2-3-11)17-7(12)5(9(14)18)6-8(13)15-4-16-10(6)17/h4H,2-3H2,1H3,(H2,14,18)(H2,13,15,16). The van der Waals surface area contributed by atoms with E-state index in [9.17, 15) is 4.79 Å². The predicted molar refractivity (Wildman–Crippen MR) is 71.0 cm³/mol. The summed E-state index contributed by atoms with van der Waals surface area (Å²) in [5, 5.41) is 0.532. The lowest BCUT2D eigenvalue weighted by molar-refractivity contribution is 0.100. The number of fused-ring (bicyclic) bond motifs is 1. The van der Waals surface area contributed by atoms with Gasteiger partial charge in [0.2, 0.25) is 0 Å². The molecule has 2 aromatic heterocycles. The van der Waals surface area contributed by atoms with E-state index in [4.69, 9.17) is 11.5 Å². The summed E-state index contributed by atoms with van der Waals surface area (Å²) in [6, 6.07) is 0. The van der Waals surface area contributed by atoms with Crippen LogP contribution in [0.2, 0.25) is 0 Å². The third kappa shape index (κ3) is 1.37. The maximum Gasteiger partial charge on any atom is 0.252 e. The second-order valence-corrected chi connectivity index (χ2v) is 5.57. The number of halogens is 1. The van der Waals surface area contributed by atoms with Crippen LogP contribution >= 0.6 is 15.9 Å². The van der Waals surface area contributed by atoms with Crippen LogP contribution in [0.3, 0.4) is 0 Å². The van der Waals surface area contributed by atoms with Crippen LogP contribution in [-0.4, -0.2) is 20.4 Å². The number of primary amides is 1. The fraction of sp³-hybridized carbons (Fsp3) is 0.364. The van der Waals surface area contributed by atoms with E-state index in [0.717, 1.165) is 12.8 Å². The van der Waals surface area contributed by atoms with Gasteiger partial charge < -0.3 is 16.0 Å². The molecule has 0 bridgehead atoms. The monoisotopic (exact) mass is 309 g/mol. The molecule has 0 spiro atoms. The van der Waals surface area contributed by atoms with E-state index in [-0.39, 0.29) is 11.4 Å². The van der Waals surface area contributed by atoms with Gasteiger partial charge in [-0.05, 0) is 35.7 Å². The van der Waals surface area contributed by atoms with Gasteiger partial charge in [-0.15, -0.1) is 0 Å². The van der Waals surface area contributed by atoms with Gasteiger partial charge >= 0.3 is 0 Å². The van der Waals surface area contributed by atoms with Gasteiger partial charge in [0.25, 0.3) is 5.91 Å². The minimum absolute atomic E-state index is 0.0222. The number of nitrogens with zero attached hydrogens (tertiary/aromatic N) is 3. The Morgan fingerprint density at radius 1 is 1.50 bits per heavy atom. The molecular weight excluding hydrogens is 298 g/mol. The number of nitrogen functional groups attached to an aromatic ring is 1. The van der Waals surface area contributed by atoms with Crippen molar-refractivity contribution in [3.63, 3.8) is 0 Å². The second kappa shape index (κ2) is 3.44. The lowest BCUT2D eigenvalue weighted by Crippen LogP contribution is -2.15. The Hall–Kier alpha value is -1.63. The summed E-state index contributed by atoms with van der Waals surface area (Å²) >= 11 is 3.44. The molecule has 0 unspecified atom stereocenters. The summed E-state index contributed by atoms with van der Waals surface area (Å²) in [4.78, 5) is 19.8. The van der Waals surface area contributed by atoms with Crippen LogP contribution in [0.25, 0.3) is 11.0 Å². The highest BCUT2D eigenvalue weighted by molar-refractivity contribution is 9.10. The highest BCUT2D eigenvalue weighted by atomic mass is 79.9. The van der Waals surface area contributed by atoms with Gasteiger partial charge in [-0.25, -0.2) is 9.97 Å². The Morgan fingerprint density at radius 2 is 2.17 bits per heavy atom. The summed E-state index contributed by atoms with van der Waals surface area (Å²) in [5.41, 5.74) is 12.3. The topological polar surface area (TPSA) is 99.8 Å². The van der Waals surface area contributed by atoms with E-state index in [1.54, 1.807) is 0 Å². The Bertz CT molecular complexity index is 674. The lowest BCUT2D eigenvalue weighted by Gasteiger charge is -2.13. The highest BCUT2D eigenvalue weighted by Crippen LogP contribution is 2.48. The van der Waals surface area contributed by atoms with Gasteiger partial charge in [-0.3, -0.25) is 4.79 Å². The number of carbonyl (C=O) groups is 1. The molecule has 1 amide bonds. The van der Waals surface area contributed by atoms with Crippen molar-refractivity contribution in [2.24, 2.45) is 5.73 Å². The zero-order chi connectivity index (χ0) is 13.1. The summed E-state index contributed by atoms with van der Waals surface area (Å²) in [5.74, 6) is -0.256. The fourth-order valence-corrected chi connectivity index (χ4v) is 3.22. The first-order chi connectivity index (χ1) is 8.46. The van der Waals surface area contributed by atoms with Gasteiger partial charge in [0.05, 0.1) is 10.9 Å². The number of rotatable bonds is 2. The quantitative estimate of drug-likeness (QED) is 0.875. The van der Waals surface area contributed by atoms with E-state index in [2.05, 4.69) is 32.8 Å². The van der Waals surface area contributed by atoms with Crippen molar-refractivity contribution in [3.8, 4) is 0 Å². The molecule has 4 N–H and O–H groups in total. The summed E-state index contributed by atoms with van der Waals surface area (Å²) in [7, 11) is 0. The first-order valence-corrected chi connectivity index (χ1v) is 6.35. The molecule has 0 radical (unpaired) electrons. The van der Waals surface area contributed by atoms with Crippen molar-refractivity contribution in [2.45, 2.75) is 25.3 Å². The average Bonchev–Trinajstić information content (AvgIpc) is 2.92. The molecule has 3 rings (SSSR count). The van der Waals surface area contributed by atoms with E-state index in [0.29, 0.717) is 21.2 Å². The van der Waals surface area contributed by atoms with Crippen molar-refractivity contribution in [1.29, 1.82) is 0 Å². The molecule has 94 valence electrons. The Morgan fingerprint density at radius 3 is 2.72 bits per heavy atom. The number of nitrogens with two attached hydrogens (primary N) is 2. The third-order valence-corrected chi connectivity index (χ3v) is 4.23. The summed E-state index contributed by atoms with van der Waals surface area (Å²) in [6.07, 6.45) is 3.48. The number of aromatic nitrogens is 3. The number of anilines is 1. The molecule has 7 heteroatoms. The van der Waals surface area contributed by atoms with Crippen molar-refractivity contribution in [2.75, 3.05) is 5.73 Å². The highest BCUT2D eigenvalue weighted by Gasteiger charge is 2.43. The minimum atomic E-state index is -0.531. The molecule has 1 aliphatic rings. The minimum Gasteiger partial charge on any atom is -0.383 e. The van der Waals surface area contributed by atoms with Gasteiger partial charge in [0.1, 0.15) is 22.4 Å². The largest absolute Gasteiger partial charge is 0.383 e. The van der Waals surface area contributed by atoms with Crippen molar-refractivity contribution >= 4 is 38.7 Å². The Labute approximate surface area is 111 Å². The molecule has 1 saturated carbocycles. The lowest BCUT2D eigenvalue weighted by atomic mass is 10.2. The van der Waals surface area contributed by atoms with Gasteiger partial charge in [0, 0.05) is 5.54 Å². The van der Waals surface area contributed by atoms with Crippen molar-refractivity contribution in [3.05, 3.63) is 16.5 Å². The molecule has 1 fully saturated rings. The average molecular weight is 310 g/mol. The number of amides is 1. The summed E-state index contributed by atoms with van der Waals surface area (Å²) < 4.78 is 2.62. The van der Waals surface area contributed by atoms with Crippen LogP contribution in [0.15, 0.2) is 10.9 Å². The molecule has 0 aliphatic heterocycles. The zero-order valence-electron chi connectivity index (χ0n) is 9.77. The number of carbonyl (C=O) groups excluding carboxylic acids is 1. The van der Waals surface area contributed by atoms with Crippen LogP contribution in [0.5, 0.6) is 0 Å².